The van der Waals surface area contributed by atoms with E-state index in [1.165, 1.54) is 12.8 Å². The first-order valence-electron chi connectivity index (χ1n) is 6.44. The van der Waals surface area contributed by atoms with Crippen LogP contribution in [0, 0.1) is 17.8 Å². The molecular formula is C14H23O2+. The van der Waals surface area contributed by atoms with Gasteiger partial charge in [-0.2, -0.15) is 0 Å². The fourth-order valence-electron chi connectivity index (χ4n) is 2.90. The number of hydrogen-bond acceptors (Lipinski definition) is 2. The van der Waals surface area contributed by atoms with Crippen molar-refractivity contribution in [2.75, 3.05) is 0 Å². The maximum absolute atomic E-state index is 12.2. The fourth-order valence-corrected chi connectivity index (χ4v) is 2.90. The van der Waals surface area contributed by atoms with Gasteiger partial charge < -0.3 is 4.74 Å². The molecule has 0 bridgehead atoms. The molecular weight excluding hydrogens is 200 g/mol. The summed E-state index contributed by atoms with van der Waals surface area (Å²) in [5, 5.41) is 0. The lowest BCUT2D eigenvalue weighted by Gasteiger charge is -2.28. The van der Waals surface area contributed by atoms with Crippen LogP contribution in [0.15, 0.2) is 0 Å². The molecule has 2 aliphatic rings. The number of carbonyl (C=O) groups excluding carboxylic acids is 1. The number of ether oxygens (including phenoxy) is 1. The van der Waals surface area contributed by atoms with Crippen LogP contribution in [-0.4, -0.2) is 11.6 Å². The average Bonchev–Trinajstić information content (AvgIpc) is 2.63. The van der Waals surface area contributed by atoms with E-state index in [2.05, 4.69) is 27.7 Å². The highest BCUT2D eigenvalue weighted by atomic mass is 16.6. The first-order valence-corrected chi connectivity index (χ1v) is 6.44. The van der Waals surface area contributed by atoms with E-state index in [1.54, 1.807) is 0 Å². The predicted octanol–water partition coefficient (Wildman–Crippen LogP) is 3.50. The van der Waals surface area contributed by atoms with Crippen molar-refractivity contribution in [2.24, 2.45) is 10.8 Å². The Kier molecular flexibility index (Phi) is 2.52. The predicted molar refractivity (Wildman–Crippen MR) is 63.8 cm³/mol. The van der Waals surface area contributed by atoms with Gasteiger partial charge in [0.25, 0.3) is 0 Å². The lowest BCUT2D eigenvalue weighted by atomic mass is 9.95. The Labute approximate surface area is 98.7 Å². The lowest BCUT2D eigenvalue weighted by molar-refractivity contribution is -0.166. The van der Waals surface area contributed by atoms with Crippen LogP contribution < -0.4 is 0 Å². The summed E-state index contributed by atoms with van der Waals surface area (Å²) < 4.78 is 5.81. The molecule has 0 aromatic carbocycles. The normalized spacial score (nSPS) is 34.7. The van der Waals surface area contributed by atoms with Crippen LogP contribution in [0.4, 0.5) is 0 Å². The molecule has 90 valence electrons. The maximum atomic E-state index is 12.2. The van der Waals surface area contributed by atoms with Gasteiger partial charge in [-0.05, 0) is 32.1 Å². The standard InChI is InChI=1S/C14H23O2/c1-5-14(8-6-7-9-14)16-11(15)13(4)10-12(13,2)3/h4-10H2,1-3H3/q+1. The van der Waals surface area contributed by atoms with Gasteiger partial charge in [0, 0.05) is 11.8 Å². The Morgan fingerprint density at radius 3 is 2.19 bits per heavy atom. The van der Waals surface area contributed by atoms with Crippen molar-refractivity contribution < 1.29 is 9.53 Å². The van der Waals surface area contributed by atoms with Gasteiger partial charge in [-0.25, -0.2) is 4.79 Å². The molecule has 0 aromatic rings. The average molecular weight is 223 g/mol. The summed E-state index contributed by atoms with van der Waals surface area (Å²) in [7, 11) is 0. The van der Waals surface area contributed by atoms with E-state index in [1.807, 2.05) is 0 Å². The summed E-state index contributed by atoms with van der Waals surface area (Å²) in [6.45, 7) is 10.4. The van der Waals surface area contributed by atoms with Crippen LogP contribution in [0.1, 0.15) is 59.3 Å². The van der Waals surface area contributed by atoms with Gasteiger partial charge in [-0.1, -0.05) is 20.8 Å². The van der Waals surface area contributed by atoms with Crippen LogP contribution in [-0.2, 0) is 9.53 Å². The molecule has 0 heterocycles. The lowest BCUT2D eigenvalue weighted by Crippen LogP contribution is -2.35. The summed E-state index contributed by atoms with van der Waals surface area (Å²) in [5.41, 5.74) is -0.615. The van der Waals surface area contributed by atoms with E-state index in [-0.39, 0.29) is 17.0 Å². The highest BCUT2D eigenvalue weighted by Crippen LogP contribution is 2.64. The Balaban J connectivity index is 2.03. The maximum Gasteiger partial charge on any atom is 0.358 e. The van der Waals surface area contributed by atoms with Gasteiger partial charge in [-0.15, -0.1) is 0 Å². The number of hydrogen-bond donors (Lipinski definition) is 0. The van der Waals surface area contributed by atoms with E-state index < -0.39 is 5.41 Å². The second-order valence-electron chi connectivity index (χ2n) is 6.28. The fraction of sp³-hybridized carbons (Fsp3) is 0.857. The highest BCUT2D eigenvalue weighted by Gasteiger charge is 2.72. The molecule has 0 radical (unpaired) electrons. The van der Waals surface area contributed by atoms with Gasteiger partial charge in [0.1, 0.15) is 5.60 Å². The van der Waals surface area contributed by atoms with Crippen molar-refractivity contribution in [3.8, 4) is 0 Å². The molecule has 2 fully saturated rings. The van der Waals surface area contributed by atoms with Crippen LogP contribution in [0.25, 0.3) is 0 Å². The zero-order valence-corrected chi connectivity index (χ0v) is 10.8. The van der Waals surface area contributed by atoms with Gasteiger partial charge in [0.15, 0.2) is 0 Å². The van der Waals surface area contributed by atoms with Gasteiger partial charge in [0.2, 0.25) is 5.41 Å². The zero-order valence-electron chi connectivity index (χ0n) is 10.8. The minimum absolute atomic E-state index is 0.0254. The van der Waals surface area contributed by atoms with E-state index in [0.717, 1.165) is 25.7 Å². The molecule has 0 spiro atoms. The molecule has 16 heavy (non-hydrogen) atoms. The molecule has 2 nitrogen and oxygen atoms in total. The molecule has 0 aromatic heterocycles. The van der Waals surface area contributed by atoms with Crippen molar-refractivity contribution in [1.82, 2.24) is 0 Å². The van der Waals surface area contributed by atoms with Crippen molar-refractivity contribution in [1.29, 1.82) is 0 Å². The Morgan fingerprint density at radius 2 is 1.81 bits per heavy atom. The Hall–Kier alpha value is -0.660. The zero-order chi connectivity index (χ0) is 12.0. The molecule has 0 N–H and O–H groups in total. The van der Waals surface area contributed by atoms with Crippen LogP contribution in [0.2, 0.25) is 0 Å². The smallest absolute Gasteiger partial charge is 0.358 e. The third kappa shape index (κ3) is 1.63. The number of carbonyl (C=O) groups is 1. The molecule has 0 aliphatic heterocycles. The van der Waals surface area contributed by atoms with Gasteiger partial charge in [0.05, 0.1) is 6.92 Å². The quantitative estimate of drug-likeness (QED) is 0.540. The van der Waals surface area contributed by atoms with Crippen LogP contribution in [0.3, 0.4) is 0 Å². The number of esters is 1. The first kappa shape index (κ1) is 11.8. The SMILES string of the molecule is [CH2+]C1(C(=O)OC2(CC)CCCC2)CC1(C)C. The molecule has 2 heteroatoms. The monoisotopic (exact) mass is 223 g/mol. The van der Waals surface area contributed by atoms with Crippen molar-refractivity contribution >= 4 is 5.97 Å². The molecule has 0 amide bonds. The highest BCUT2D eigenvalue weighted by molar-refractivity contribution is 5.83. The van der Waals surface area contributed by atoms with Crippen molar-refractivity contribution in [3.63, 3.8) is 0 Å². The van der Waals surface area contributed by atoms with E-state index in [4.69, 9.17) is 4.74 Å². The molecule has 1 unspecified atom stereocenters. The minimum Gasteiger partial charge on any atom is -0.455 e. The Morgan fingerprint density at radius 1 is 1.31 bits per heavy atom. The topological polar surface area (TPSA) is 26.3 Å². The van der Waals surface area contributed by atoms with E-state index >= 15 is 0 Å². The first-order chi connectivity index (χ1) is 7.35. The summed E-state index contributed by atoms with van der Waals surface area (Å²) in [4.78, 5) is 12.2. The Bertz CT molecular complexity index is 300. The second kappa shape index (κ2) is 3.41. The van der Waals surface area contributed by atoms with Crippen molar-refractivity contribution in [2.45, 2.75) is 64.9 Å². The second-order valence-corrected chi connectivity index (χ2v) is 6.28. The molecule has 2 rings (SSSR count). The van der Waals surface area contributed by atoms with Crippen LogP contribution in [0.5, 0.6) is 0 Å². The summed E-state index contributed by atoms with van der Waals surface area (Å²) in [6.07, 6.45) is 6.24. The third-order valence-corrected chi connectivity index (χ3v) is 4.77. The molecule has 2 aliphatic carbocycles. The minimum atomic E-state index is -0.474. The molecule has 0 saturated heterocycles. The molecule has 1 atom stereocenters. The summed E-state index contributed by atoms with van der Waals surface area (Å²) in [6, 6.07) is 0. The third-order valence-electron chi connectivity index (χ3n) is 4.77. The summed E-state index contributed by atoms with van der Waals surface area (Å²) in [5.74, 6) is -0.0683. The van der Waals surface area contributed by atoms with E-state index in [0.29, 0.717) is 0 Å². The molecule has 2 saturated carbocycles. The van der Waals surface area contributed by atoms with Gasteiger partial charge in [-0.3, -0.25) is 0 Å². The van der Waals surface area contributed by atoms with Gasteiger partial charge >= 0.3 is 5.97 Å². The van der Waals surface area contributed by atoms with E-state index in [9.17, 15) is 4.79 Å². The number of rotatable bonds is 3. The largest absolute Gasteiger partial charge is 0.455 e. The van der Waals surface area contributed by atoms with Crippen LogP contribution >= 0.6 is 0 Å². The summed E-state index contributed by atoms with van der Waals surface area (Å²) >= 11 is 0. The van der Waals surface area contributed by atoms with Crippen molar-refractivity contribution in [3.05, 3.63) is 6.92 Å².